The minimum absolute atomic E-state index is 0.0143. The summed E-state index contributed by atoms with van der Waals surface area (Å²) in [6.45, 7) is 2.89. The van der Waals surface area contributed by atoms with Gasteiger partial charge in [0.05, 0.1) is 11.0 Å². The van der Waals surface area contributed by atoms with Crippen LogP contribution >= 0.6 is 0 Å². The third-order valence-electron chi connectivity index (χ3n) is 6.60. The fourth-order valence-electron chi connectivity index (χ4n) is 4.68. The lowest BCUT2D eigenvalue weighted by atomic mass is 9.96. The first kappa shape index (κ1) is 22.1. The molecule has 0 unspecified atom stereocenters. The Hall–Kier alpha value is -3.71. The summed E-state index contributed by atoms with van der Waals surface area (Å²) in [5.74, 6) is -0.240. The molecule has 1 saturated heterocycles. The van der Waals surface area contributed by atoms with Crippen molar-refractivity contribution in [3.8, 4) is 0 Å². The molecule has 3 aromatic rings. The minimum Gasteiger partial charge on any atom is -0.363 e. The van der Waals surface area contributed by atoms with E-state index >= 15 is 0 Å². The summed E-state index contributed by atoms with van der Waals surface area (Å²) >= 11 is 0. The van der Waals surface area contributed by atoms with Crippen molar-refractivity contribution in [3.05, 3.63) is 106 Å². The summed E-state index contributed by atoms with van der Waals surface area (Å²) in [5.41, 5.74) is 3.37. The Morgan fingerprint density at radius 3 is 2.00 bits per heavy atom. The van der Waals surface area contributed by atoms with Gasteiger partial charge in [-0.25, -0.2) is 0 Å². The zero-order valence-electron chi connectivity index (χ0n) is 19.0. The third kappa shape index (κ3) is 4.79. The van der Waals surface area contributed by atoms with Gasteiger partial charge >= 0.3 is 0 Å². The van der Waals surface area contributed by atoms with Crippen molar-refractivity contribution in [1.29, 1.82) is 0 Å². The number of amides is 1. The molecule has 2 fully saturated rings. The van der Waals surface area contributed by atoms with Gasteiger partial charge in [-0.1, -0.05) is 60.7 Å². The molecule has 0 atom stereocenters. The quantitative estimate of drug-likeness (QED) is 0.421. The number of anilines is 1. The Morgan fingerprint density at radius 1 is 0.882 bits per heavy atom. The van der Waals surface area contributed by atoms with Gasteiger partial charge in [0.2, 0.25) is 0 Å². The first-order valence-electron chi connectivity index (χ1n) is 11.8. The van der Waals surface area contributed by atoms with Gasteiger partial charge in [0.15, 0.2) is 0 Å². The molecule has 1 aliphatic carbocycles. The number of nitrogens with one attached hydrogen (secondary N) is 1. The van der Waals surface area contributed by atoms with E-state index in [1.165, 1.54) is 17.2 Å². The average molecular weight is 457 g/mol. The zero-order valence-corrected chi connectivity index (χ0v) is 19.0. The molecule has 34 heavy (non-hydrogen) atoms. The second-order valence-electron chi connectivity index (χ2n) is 8.96. The van der Waals surface area contributed by atoms with Crippen LogP contribution in [-0.2, 0) is 0 Å². The molecule has 1 amide bonds. The SMILES string of the molecule is O=C(NC1CC1)c1ccc(N2CCN(C(c3ccccc3)c3ccccc3)CC2)c([N+](=O)[O-])c1. The maximum Gasteiger partial charge on any atom is 0.293 e. The van der Waals surface area contributed by atoms with Crippen LogP contribution in [0.3, 0.4) is 0 Å². The van der Waals surface area contributed by atoms with Crippen molar-refractivity contribution in [1.82, 2.24) is 10.2 Å². The number of hydrogen-bond donors (Lipinski definition) is 1. The highest BCUT2D eigenvalue weighted by Gasteiger charge is 2.30. The van der Waals surface area contributed by atoms with Gasteiger partial charge in [0.1, 0.15) is 5.69 Å². The smallest absolute Gasteiger partial charge is 0.293 e. The van der Waals surface area contributed by atoms with Crippen LogP contribution in [0.15, 0.2) is 78.9 Å². The predicted octanol–water partition coefficient (Wildman–Crippen LogP) is 4.40. The first-order valence-corrected chi connectivity index (χ1v) is 11.8. The zero-order chi connectivity index (χ0) is 23.5. The van der Waals surface area contributed by atoms with E-state index in [1.54, 1.807) is 12.1 Å². The van der Waals surface area contributed by atoms with E-state index in [1.807, 2.05) is 12.1 Å². The Kier molecular flexibility index (Phi) is 6.27. The molecule has 0 spiro atoms. The highest BCUT2D eigenvalue weighted by molar-refractivity contribution is 5.96. The van der Waals surface area contributed by atoms with Gasteiger partial charge in [-0.05, 0) is 36.1 Å². The maximum absolute atomic E-state index is 12.4. The summed E-state index contributed by atoms with van der Waals surface area (Å²) in [4.78, 5) is 28.4. The van der Waals surface area contributed by atoms with Crippen molar-refractivity contribution in [2.75, 3.05) is 31.1 Å². The summed E-state index contributed by atoms with van der Waals surface area (Å²) in [6.07, 6.45) is 1.95. The number of nitro groups is 1. The Morgan fingerprint density at radius 2 is 1.47 bits per heavy atom. The van der Waals surface area contributed by atoms with E-state index in [0.717, 1.165) is 25.9 Å². The number of carbonyl (C=O) groups excluding carboxylic acids is 1. The van der Waals surface area contributed by atoms with Crippen LogP contribution in [0.25, 0.3) is 0 Å². The van der Waals surface area contributed by atoms with Crippen LogP contribution in [0, 0.1) is 10.1 Å². The van der Waals surface area contributed by atoms with E-state index in [4.69, 9.17) is 0 Å². The van der Waals surface area contributed by atoms with E-state index < -0.39 is 0 Å². The van der Waals surface area contributed by atoms with E-state index in [2.05, 4.69) is 63.6 Å². The van der Waals surface area contributed by atoms with Gasteiger partial charge in [-0.2, -0.15) is 0 Å². The molecule has 5 rings (SSSR count). The molecule has 3 aromatic carbocycles. The second-order valence-corrected chi connectivity index (χ2v) is 8.96. The fraction of sp³-hybridized carbons (Fsp3) is 0.296. The lowest BCUT2D eigenvalue weighted by molar-refractivity contribution is -0.384. The van der Waals surface area contributed by atoms with Gasteiger partial charge in [-0.15, -0.1) is 0 Å². The van der Waals surface area contributed by atoms with Crippen LogP contribution in [-0.4, -0.2) is 48.0 Å². The minimum atomic E-state index is -0.383. The van der Waals surface area contributed by atoms with Crippen LogP contribution in [0.5, 0.6) is 0 Å². The molecule has 1 N–H and O–H groups in total. The molecule has 0 bridgehead atoms. The summed E-state index contributed by atoms with van der Waals surface area (Å²) in [5, 5.41) is 14.8. The van der Waals surface area contributed by atoms with Crippen LogP contribution in [0.1, 0.15) is 40.4 Å². The van der Waals surface area contributed by atoms with Crippen molar-refractivity contribution in [2.24, 2.45) is 0 Å². The molecular weight excluding hydrogens is 428 g/mol. The first-order chi connectivity index (χ1) is 16.6. The lowest BCUT2D eigenvalue weighted by Gasteiger charge is -2.40. The number of piperazine rings is 1. The Bertz CT molecular complexity index is 1120. The molecule has 1 heterocycles. The molecule has 1 aliphatic heterocycles. The van der Waals surface area contributed by atoms with E-state index in [9.17, 15) is 14.9 Å². The highest BCUT2D eigenvalue weighted by Crippen LogP contribution is 2.34. The number of hydrogen-bond acceptors (Lipinski definition) is 5. The molecular formula is C27H28N4O3. The molecule has 2 aliphatic rings. The summed E-state index contributed by atoms with van der Waals surface area (Å²) < 4.78 is 0. The van der Waals surface area contributed by atoms with Crippen molar-refractivity contribution in [2.45, 2.75) is 24.9 Å². The van der Waals surface area contributed by atoms with Crippen molar-refractivity contribution >= 4 is 17.3 Å². The monoisotopic (exact) mass is 456 g/mol. The molecule has 7 heteroatoms. The summed E-state index contributed by atoms with van der Waals surface area (Å²) in [6, 6.07) is 26.1. The van der Waals surface area contributed by atoms with Gasteiger partial charge < -0.3 is 10.2 Å². The molecule has 7 nitrogen and oxygen atoms in total. The maximum atomic E-state index is 12.4. The van der Waals surface area contributed by atoms with Gasteiger partial charge in [0, 0.05) is 43.9 Å². The molecule has 1 saturated carbocycles. The van der Waals surface area contributed by atoms with Gasteiger partial charge in [-0.3, -0.25) is 19.8 Å². The number of nitrogens with zero attached hydrogens (tertiary/aromatic N) is 3. The lowest BCUT2D eigenvalue weighted by Crippen LogP contribution is -2.48. The topological polar surface area (TPSA) is 78.7 Å². The van der Waals surface area contributed by atoms with Crippen LogP contribution in [0.2, 0.25) is 0 Å². The van der Waals surface area contributed by atoms with E-state index in [-0.39, 0.29) is 28.6 Å². The predicted molar refractivity (Wildman–Crippen MR) is 132 cm³/mol. The average Bonchev–Trinajstić information content (AvgIpc) is 3.70. The van der Waals surface area contributed by atoms with Crippen molar-refractivity contribution in [3.63, 3.8) is 0 Å². The highest BCUT2D eigenvalue weighted by atomic mass is 16.6. The van der Waals surface area contributed by atoms with Gasteiger partial charge in [0.25, 0.3) is 11.6 Å². The largest absolute Gasteiger partial charge is 0.363 e. The Labute approximate surface area is 199 Å². The molecule has 174 valence electrons. The number of rotatable bonds is 7. The normalized spacial score (nSPS) is 16.4. The third-order valence-corrected chi connectivity index (χ3v) is 6.60. The van der Waals surface area contributed by atoms with Crippen LogP contribution in [0.4, 0.5) is 11.4 Å². The molecule has 0 aromatic heterocycles. The van der Waals surface area contributed by atoms with Crippen molar-refractivity contribution < 1.29 is 9.72 Å². The number of benzene rings is 3. The number of carbonyl (C=O) groups is 1. The Balaban J connectivity index is 1.35. The second kappa shape index (κ2) is 9.65. The summed E-state index contributed by atoms with van der Waals surface area (Å²) in [7, 11) is 0. The molecule has 0 radical (unpaired) electrons. The van der Waals surface area contributed by atoms with E-state index in [0.29, 0.717) is 24.3 Å². The number of nitro benzene ring substituents is 1. The fourth-order valence-corrected chi connectivity index (χ4v) is 4.68. The van der Waals surface area contributed by atoms with Crippen LogP contribution < -0.4 is 10.2 Å². The standard InChI is InChI=1S/C27H28N4O3/c32-27(28-23-12-13-23)22-11-14-24(25(19-22)31(33)34)29-15-17-30(18-16-29)26(20-7-3-1-4-8-20)21-9-5-2-6-10-21/h1-11,14,19,23,26H,12-13,15-18H2,(H,28,32).